The molecule has 0 aromatic rings. The molecule has 14 heavy (non-hydrogen) atoms. The van der Waals surface area contributed by atoms with Crippen LogP contribution in [-0.4, -0.2) is 52.0 Å². The normalized spacial score (nSPS) is 10.5. The van der Waals surface area contributed by atoms with Crippen molar-refractivity contribution in [2.75, 3.05) is 39.6 Å². The molecule has 0 aliphatic rings. The standard InChI is InChI=1S/C8H19BO5/c1-3-11-5-7-13-9(10)14-8-6-12-4-2/h10H,3-8H2,1-2H3. The highest BCUT2D eigenvalue weighted by Crippen LogP contribution is 1.86. The van der Waals surface area contributed by atoms with Crippen LogP contribution >= 0.6 is 0 Å². The average Bonchev–Trinajstić information content (AvgIpc) is 2.19. The molecule has 0 aromatic carbocycles. The monoisotopic (exact) mass is 206 g/mol. The number of hydrogen-bond donors (Lipinski definition) is 1. The Labute approximate surface area is 85.5 Å². The van der Waals surface area contributed by atoms with Crippen molar-refractivity contribution in [2.45, 2.75) is 13.8 Å². The SMILES string of the molecule is CCOCCOB(O)OCCOCC. The van der Waals surface area contributed by atoms with Gasteiger partial charge in [0.2, 0.25) is 0 Å². The van der Waals surface area contributed by atoms with Crippen molar-refractivity contribution in [1.82, 2.24) is 0 Å². The van der Waals surface area contributed by atoms with Crippen LogP contribution in [0.15, 0.2) is 0 Å². The maximum atomic E-state index is 9.09. The molecule has 0 heterocycles. The summed E-state index contributed by atoms with van der Waals surface area (Å²) in [6, 6.07) is 0. The van der Waals surface area contributed by atoms with E-state index in [2.05, 4.69) is 0 Å². The summed E-state index contributed by atoms with van der Waals surface area (Å²) in [6.45, 7) is 6.65. The third-order valence-electron chi connectivity index (χ3n) is 1.38. The minimum absolute atomic E-state index is 0.323. The molecule has 0 atom stereocenters. The summed E-state index contributed by atoms with van der Waals surface area (Å²) in [7, 11) is -1.18. The topological polar surface area (TPSA) is 57.2 Å². The second kappa shape index (κ2) is 10.9. The predicted octanol–water partition coefficient (Wildman–Crippen LogP) is 0.0698. The highest BCUT2D eigenvalue weighted by atomic mass is 16.7. The fourth-order valence-electron chi connectivity index (χ4n) is 0.752. The maximum Gasteiger partial charge on any atom is 0.636 e. The smallest absolute Gasteiger partial charge is 0.402 e. The molecule has 0 aliphatic carbocycles. The first-order valence-electron chi connectivity index (χ1n) is 4.88. The van der Waals surface area contributed by atoms with Crippen LogP contribution in [0.2, 0.25) is 0 Å². The van der Waals surface area contributed by atoms with Gasteiger partial charge in [-0.15, -0.1) is 0 Å². The predicted molar refractivity (Wildman–Crippen MR) is 52.9 cm³/mol. The minimum atomic E-state index is -1.18. The zero-order valence-corrected chi connectivity index (χ0v) is 8.90. The summed E-state index contributed by atoms with van der Waals surface area (Å²) >= 11 is 0. The van der Waals surface area contributed by atoms with Gasteiger partial charge in [0.1, 0.15) is 0 Å². The highest BCUT2D eigenvalue weighted by molar-refractivity contribution is 6.34. The zero-order chi connectivity index (χ0) is 10.6. The summed E-state index contributed by atoms with van der Waals surface area (Å²) in [6.07, 6.45) is 0. The molecule has 0 fully saturated rings. The van der Waals surface area contributed by atoms with E-state index < -0.39 is 7.32 Å². The fraction of sp³-hybridized carbons (Fsp3) is 1.00. The summed E-state index contributed by atoms with van der Waals surface area (Å²) in [5, 5.41) is 9.09. The first-order valence-corrected chi connectivity index (χ1v) is 4.88. The van der Waals surface area contributed by atoms with Gasteiger partial charge in [0, 0.05) is 13.2 Å². The molecule has 84 valence electrons. The first kappa shape index (κ1) is 13.9. The van der Waals surface area contributed by atoms with Crippen molar-refractivity contribution in [3.05, 3.63) is 0 Å². The molecule has 1 N–H and O–H groups in total. The molecular formula is C8H19BO5. The molecule has 0 rings (SSSR count). The summed E-state index contributed by atoms with van der Waals surface area (Å²) < 4.78 is 19.8. The quantitative estimate of drug-likeness (QED) is 0.405. The lowest BCUT2D eigenvalue weighted by Crippen LogP contribution is -2.26. The van der Waals surface area contributed by atoms with Gasteiger partial charge in [0.05, 0.1) is 26.4 Å². The molecule has 0 bridgehead atoms. The van der Waals surface area contributed by atoms with E-state index in [4.69, 9.17) is 23.8 Å². The van der Waals surface area contributed by atoms with Gasteiger partial charge in [-0.3, -0.25) is 0 Å². The van der Waals surface area contributed by atoms with Crippen LogP contribution in [0, 0.1) is 0 Å². The lowest BCUT2D eigenvalue weighted by molar-refractivity contribution is 0.0526. The minimum Gasteiger partial charge on any atom is -0.402 e. The van der Waals surface area contributed by atoms with Gasteiger partial charge in [-0.25, -0.2) is 0 Å². The van der Waals surface area contributed by atoms with Crippen molar-refractivity contribution in [1.29, 1.82) is 0 Å². The van der Waals surface area contributed by atoms with Gasteiger partial charge in [-0.1, -0.05) is 0 Å². The molecule has 0 saturated carbocycles. The van der Waals surface area contributed by atoms with Crippen molar-refractivity contribution in [3.63, 3.8) is 0 Å². The van der Waals surface area contributed by atoms with Gasteiger partial charge >= 0.3 is 7.32 Å². The number of ether oxygens (including phenoxy) is 2. The molecule has 6 heteroatoms. The molecule has 0 aromatic heterocycles. The van der Waals surface area contributed by atoms with Gasteiger partial charge in [-0.2, -0.15) is 0 Å². The number of hydrogen-bond acceptors (Lipinski definition) is 5. The van der Waals surface area contributed by atoms with Gasteiger partial charge < -0.3 is 23.8 Å². The van der Waals surface area contributed by atoms with Crippen LogP contribution in [0.1, 0.15) is 13.8 Å². The largest absolute Gasteiger partial charge is 0.636 e. The Hall–Kier alpha value is -0.135. The van der Waals surface area contributed by atoms with Gasteiger partial charge in [0.25, 0.3) is 0 Å². The van der Waals surface area contributed by atoms with Crippen LogP contribution in [0.25, 0.3) is 0 Å². The lowest BCUT2D eigenvalue weighted by atomic mass is 10.2. The van der Waals surface area contributed by atoms with Crippen LogP contribution in [0.4, 0.5) is 0 Å². The molecular weight excluding hydrogens is 187 g/mol. The van der Waals surface area contributed by atoms with Crippen molar-refractivity contribution in [3.8, 4) is 0 Å². The van der Waals surface area contributed by atoms with Crippen molar-refractivity contribution < 1.29 is 23.8 Å². The molecule has 0 aliphatic heterocycles. The molecule has 0 saturated heterocycles. The van der Waals surface area contributed by atoms with Crippen LogP contribution in [0.3, 0.4) is 0 Å². The van der Waals surface area contributed by atoms with E-state index in [9.17, 15) is 0 Å². The number of rotatable bonds is 10. The Balaban J connectivity index is 3.07. The summed E-state index contributed by atoms with van der Waals surface area (Å²) in [5.74, 6) is 0. The van der Waals surface area contributed by atoms with Gasteiger partial charge in [0.15, 0.2) is 0 Å². The Kier molecular flexibility index (Phi) is 10.8. The second-order valence-corrected chi connectivity index (χ2v) is 2.44. The van der Waals surface area contributed by atoms with E-state index in [0.717, 1.165) is 0 Å². The van der Waals surface area contributed by atoms with E-state index in [0.29, 0.717) is 39.6 Å². The second-order valence-electron chi connectivity index (χ2n) is 2.44. The summed E-state index contributed by atoms with van der Waals surface area (Å²) in [5.41, 5.74) is 0. The van der Waals surface area contributed by atoms with Crippen LogP contribution in [0.5, 0.6) is 0 Å². The third kappa shape index (κ3) is 9.95. The van der Waals surface area contributed by atoms with E-state index >= 15 is 0 Å². The Morgan fingerprint density at radius 1 is 0.857 bits per heavy atom. The molecule has 0 amide bonds. The molecule has 0 unspecified atom stereocenters. The van der Waals surface area contributed by atoms with E-state index in [1.54, 1.807) is 0 Å². The lowest BCUT2D eigenvalue weighted by Gasteiger charge is -2.08. The van der Waals surface area contributed by atoms with E-state index in [1.807, 2.05) is 13.8 Å². The van der Waals surface area contributed by atoms with Gasteiger partial charge in [-0.05, 0) is 13.8 Å². The fourth-order valence-corrected chi connectivity index (χ4v) is 0.752. The Morgan fingerprint density at radius 2 is 1.29 bits per heavy atom. The maximum absolute atomic E-state index is 9.09. The molecule has 0 radical (unpaired) electrons. The zero-order valence-electron chi connectivity index (χ0n) is 8.90. The van der Waals surface area contributed by atoms with Crippen LogP contribution < -0.4 is 0 Å². The van der Waals surface area contributed by atoms with Crippen molar-refractivity contribution >= 4 is 7.32 Å². The first-order chi connectivity index (χ1) is 6.81. The summed E-state index contributed by atoms with van der Waals surface area (Å²) in [4.78, 5) is 0. The molecule has 5 nitrogen and oxygen atoms in total. The van der Waals surface area contributed by atoms with E-state index in [1.165, 1.54) is 0 Å². The molecule has 0 spiro atoms. The van der Waals surface area contributed by atoms with Crippen molar-refractivity contribution in [2.24, 2.45) is 0 Å². The van der Waals surface area contributed by atoms with Crippen LogP contribution in [-0.2, 0) is 18.8 Å². The average molecular weight is 206 g/mol. The Morgan fingerprint density at radius 3 is 1.64 bits per heavy atom. The Bertz CT molecular complexity index is 102. The highest BCUT2D eigenvalue weighted by Gasteiger charge is 2.14. The van der Waals surface area contributed by atoms with E-state index in [-0.39, 0.29) is 0 Å². The third-order valence-corrected chi connectivity index (χ3v) is 1.38.